The minimum atomic E-state index is -1.36. The number of nitriles is 1. The molecule has 0 unspecified atom stereocenters. The highest BCUT2D eigenvalue weighted by atomic mass is 16.5. The van der Waals surface area contributed by atoms with Crippen LogP contribution in [0.4, 0.5) is 4.79 Å². The predicted molar refractivity (Wildman–Crippen MR) is 114 cm³/mol. The lowest BCUT2D eigenvalue weighted by molar-refractivity contribution is -0.145. The molecule has 0 spiro atoms. The first-order chi connectivity index (χ1) is 15.3. The molecule has 0 saturated heterocycles. The van der Waals surface area contributed by atoms with Crippen LogP contribution in [-0.4, -0.2) is 48.4 Å². The van der Waals surface area contributed by atoms with Crippen molar-refractivity contribution in [1.82, 2.24) is 10.6 Å². The standard InChI is InChI=1S/C23H25N3O6/c1-15(27)20(26-23(30)32-14-16-7-4-3-5-8-16)21(28)25-19(22(29)31-2)12-17-9-6-10-18(11-17)13-24/h3-11,15,19-20,27H,12,14H2,1-2H3,(H,25,28)(H,26,30)/t15-,19+,20+/m1/s1. The van der Waals surface area contributed by atoms with Crippen molar-refractivity contribution in [2.45, 2.75) is 38.1 Å². The Labute approximate surface area is 186 Å². The first kappa shape index (κ1) is 24.4. The summed E-state index contributed by atoms with van der Waals surface area (Å²) in [6, 6.07) is 15.1. The van der Waals surface area contributed by atoms with Gasteiger partial charge in [0.2, 0.25) is 5.91 Å². The molecule has 3 N–H and O–H groups in total. The number of aliphatic hydroxyl groups is 1. The zero-order chi connectivity index (χ0) is 23.5. The van der Waals surface area contributed by atoms with E-state index in [1.807, 2.05) is 12.1 Å². The van der Waals surface area contributed by atoms with Crippen molar-refractivity contribution in [3.05, 3.63) is 71.3 Å². The Kier molecular flexibility index (Phi) is 9.20. The Hall–Kier alpha value is -3.90. The van der Waals surface area contributed by atoms with Crippen LogP contribution >= 0.6 is 0 Å². The molecule has 0 radical (unpaired) electrons. The van der Waals surface area contributed by atoms with Gasteiger partial charge in [-0.1, -0.05) is 42.5 Å². The van der Waals surface area contributed by atoms with E-state index < -0.39 is 36.2 Å². The fourth-order valence-electron chi connectivity index (χ4n) is 2.90. The molecule has 0 heterocycles. The van der Waals surface area contributed by atoms with E-state index in [-0.39, 0.29) is 13.0 Å². The summed E-state index contributed by atoms with van der Waals surface area (Å²) in [7, 11) is 1.18. The van der Waals surface area contributed by atoms with Gasteiger partial charge in [0.1, 0.15) is 18.7 Å². The summed E-state index contributed by atoms with van der Waals surface area (Å²) in [5, 5.41) is 23.8. The summed E-state index contributed by atoms with van der Waals surface area (Å²) < 4.78 is 9.85. The van der Waals surface area contributed by atoms with Crippen LogP contribution in [0.2, 0.25) is 0 Å². The number of amides is 2. The molecule has 2 rings (SSSR count). The molecule has 2 aromatic carbocycles. The number of hydrogen-bond acceptors (Lipinski definition) is 7. The van der Waals surface area contributed by atoms with E-state index in [2.05, 4.69) is 10.6 Å². The fraction of sp³-hybridized carbons (Fsp3) is 0.304. The molecule has 32 heavy (non-hydrogen) atoms. The highest BCUT2D eigenvalue weighted by Gasteiger charge is 2.30. The molecule has 0 saturated carbocycles. The summed E-state index contributed by atoms with van der Waals surface area (Å²) in [5.41, 5.74) is 1.79. The molecule has 2 aromatic rings. The van der Waals surface area contributed by atoms with Gasteiger partial charge in [-0.2, -0.15) is 5.26 Å². The zero-order valence-electron chi connectivity index (χ0n) is 17.8. The molecule has 3 atom stereocenters. The molecule has 0 aromatic heterocycles. The Morgan fingerprint density at radius 1 is 1.06 bits per heavy atom. The number of alkyl carbamates (subject to hydrolysis) is 1. The Morgan fingerprint density at radius 3 is 2.38 bits per heavy atom. The third-order valence-corrected chi connectivity index (χ3v) is 4.55. The average Bonchev–Trinajstić information content (AvgIpc) is 2.80. The molecule has 0 aliphatic heterocycles. The third kappa shape index (κ3) is 7.41. The molecule has 0 aliphatic rings. The van der Waals surface area contributed by atoms with Crippen molar-refractivity contribution in [2.24, 2.45) is 0 Å². The first-order valence-electron chi connectivity index (χ1n) is 9.86. The van der Waals surface area contributed by atoms with Crippen LogP contribution in [0, 0.1) is 11.3 Å². The van der Waals surface area contributed by atoms with Crippen LogP contribution in [0.15, 0.2) is 54.6 Å². The van der Waals surface area contributed by atoms with E-state index >= 15 is 0 Å². The number of rotatable bonds is 9. The van der Waals surface area contributed by atoms with Crippen molar-refractivity contribution < 1.29 is 29.0 Å². The van der Waals surface area contributed by atoms with Crippen LogP contribution in [0.1, 0.15) is 23.6 Å². The number of esters is 1. The van der Waals surface area contributed by atoms with Crippen molar-refractivity contribution in [1.29, 1.82) is 5.26 Å². The van der Waals surface area contributed by atoms with Gasteiger partial charge < -0.3 is 25.2 Å². The number of benzene rings is 2. The van der Waals surface area contributed by atoms with Crippen LogP contribution < -0.4 is 10.6 Å². The second-order valence-electron chi connectivity index (χ2n) is 7.02. The Balaban J connectivity index is 2.04. The second-order valence-corrected chi connectivity index (χ2v) is 7.02. The maximum absolute atomic E-state index is 12.7. The summed E-state index contributed by atoms with van der Waals surface area (Å²) in [5.74, 6) is -1.50. The van der Waals surface area contributed by atoms with Gasteiger partial charge in [-0.15, -0.1) is 0 Å². The third-order valence-electron chi connectivity index (χ3n) is 4.55. The monoisotopic (exact) mass is 439 g/mol. The highest BCUT2D eigenvalue weighted by Crippen LogP contribution is 2.09. The van der Waals surface area contributed by atoms with Gasteiger partial charge >= 0.3 is 12.1 Å². The van der Waals surface area contributed by atoms with Gasteiger partial charge in [-0.25, -0.2) is 9.59 Å². The SMILES string of the molecule is COC(=O)[C@H](Cc1cccc(C#N)c1)NC(=O)[C@@H](NC(=O)OCc1ccccc1)[C@@H](C)O. The molecule has 168 valence electrons. The minimum absolute atomic E-state index is 0.0131. The Bertz CT molecular complexity index is 971. The van der Waals surface area contributed by atoms with Crippen molar-refractivity contribution in [3.8, 4) is 6.07 Å². The van der Waals surface area contributed by atoms with Gasteiger partial charge in [-0.05, 0) is 30.2 Å². The summed E-state index contributed by atoms with van der Waals surface area (Å²) in [4.78, 5) is 37.1. The number of ether oxygens (including phenoxy) is 2. The quantitative estimate of drug-likeness (QED) is 0.503. The lowest BCUT2D eigenvalue weighted by atomic mass is 10.0. The topological polar surface area (TPSA) is 138 Å². The average molecular weight is 439 g/mol. The summed E-state index contributed by atoms with van der Waals surface area (Å²) in [6.45, 7) is 1.31. The molecule has 0 fully saturated rings. The van der Waals surface area contributed by atoms with Crippen LogP contribution in [0.3, 0.4) is 0 Å². The van der Waals surface area contributed by atoms with E-state index in [9.17, 15) is 19.5 Å². The van der Waals surface area contributed by atoms with E-state index in [4.69, 9.17) is 14.7 Å². The second kappa shape index (κ2) is 12.1. The summed E-state index contributed by atoms with van der Waals surface area (Å²) in [6.07, 6.45) is -2.11. The number of carbonyl (C=O) groups excluding carboxylic acids is 3. The number of carbonyl (C=O) groups is 3. The van der Waals surface area contributed by atoms with E-state index in [1.165, 1.54) is 14.0 Å². The van der Waals surface area contributed by atoms with Crippen LogP contribution in [0.25, 0.3) is 0 Å². The van der Waals surface area contributed by atoms with Gasteiger partial charge in [0.05, 0.1) is 24.8 Å². The zero-order valence-corrected chi connectivity index (χ0v) is 17.8. The molecular formula is C23H25N3O6. The lowest BCUT2D eigenvalue weighted by Crippen LogP contribution is -2.56. The lowest BCUT2D eigenvalue weighted by Gasteiger charge is -2.24. The normalized spacial score (nSPS) is 13.1. The number of nitrogens with zero attached hydrogens (tertiary/aromatic N) is 1. The number of aliphatic hydroxyl groups excluding tert-OH is 1. The predicted octanol–water partition coefficient (Wildman–Crippen LogP) is 1.43. The van der Waals surface area contributed by atoms with Gasteiger partial charge in [-0.3, -0.25) is 4.79 Å². The number of nitrogens with one attached hydrogen (secondary N) is 2. The largest absolute Gasteiger partial charge is 0.467 e. The van der Waals surface area contributed by atoms with E-state index in [0.29, 0.717) is 11.1 Å². The van der Waals surface area contributed by atoms with Gasteiger partial charge in [0, 0.05) is 6.42 Å². The van der Waals surface area contributed by atoms with Gasteiger partial charge in [0.25, 0.3) is 0 Å². The smallest absolute Gasteiger partial charge is 0.408 e. The van der Waals surface area contributed by atoms with Crippen molar-refractivity contribution >= 4 is 18.0 Å². The number of methoxy groups -OCH3 is 1. The highest BCUT2D eigenvalue weighted by molar-refractivity contribution is 5.90. The van der Waals surface area contributed by atoms with Crippen LogP contribution in [-0.2, 0) is 32.1 Å². The molecule has 9 heteroatoms. The molecule has 0 bridgehead atoms. The maximum Gasteiger partial charge on any atom is 0.408 e. The van der Waals surface area contributed by atoms with Gasteiger partial charge in [0.15, 0.2) is 0 Å². The summed E-state index contributed by atoms with van der Waals surface area (Å²) >= 11 is 0. The first-order valence-corrected chi connectivity index (χ1v) is 9.86. The maximum atomic E-state index is 12.7. The molecule has 2 amide bonds. The fourth-order valence-corrected chi connectivity index (χ4v) is 2.90. The van der Waals surface area contributed by atoms with Crippen molar-refractivity contribution in [3.63, 3.8) is 0 Å². The molecule has 9 nitrogen and oxygen atoms in total. The number of hydrogen-bond donors (Lipinski definition) is 3. The molecular weight excluding hydrogens is 414 g/mol. The van der Waals surface area contributed by atoms with Crippen LogP contribution in [0.5, 0.6) is 0 Å². The van der Waals surface area contributed by atoms with E-state index in [1.54, 1.807) is 48.5 Å². The Morgan fingerprint density at radius 2 is 1.75 bits per heavy atom. The van der Waals surface area contributed by atoms with E-state index in [0.717, 1.165) is 5.56 Å². The van der Waals surface area contributed by atoms with Crippen molar-refractivity contribution in [2.75, 3.05) is 7.11 Å². The minimum Gasteiger partial charge on any atom is -0.467 e. The molecule has 0 aliphatic carbocycles.